The summed E-state index contributed by atoms with van der Waals surface area (Å²) in [5.41, 5.74) is 1.01. The molecule has 0 bridgehead atoms. The predicted octanol–water partition coefficient (Wildman–Crippen LogP) is 1.39. The van der Waals surface area contributed by atoms with Crippen LogP contribution in [0, 0.1) is 13.8 Å². The second kappa shape index (κ2) is 10.4. The third-order valence-electron chi connectivity index (χ3n) is 6.10. The first kappa shape index (κ1) is 22.6. The van der Waals surface area contributed by atoms with Crippen LogP contribution >= 0.6 is 0 Å². The molecule has 1 unspecified atom stereocenters. The molecule has 4 heterocycles. The van der Waals surface area contributed by atoms with E-state index in [4.69, 9.17) is 14.0 Å². The van der Waals surface area contributed by atoms with Crippen molar-refractivity contribution in [2.45, 2.75) is 64.5 Å². The van der Waals surface area contributed by atoms with Gasteiger partial charge < -0.3 is 18.9 Å². The number of hydrogen-bond acceptors (Lipinski definition) is 8. The van der Waals surface area contributed by atoms with Crippen LogP contribution in [0.25, 0.3) is 0 Å². The van der Waals surface area contributed by atoms with Crippen LogP contribution < -0.4 is 5.69 Å². The van der Waals surface area contributed by atoms with Crippen LogP contribution in [-0.2, 0) is 27.2 Å². The maximum Gasteiger partial charge on any atom is 0.348 e. The maximum atomic E-state index is 12.8. The van der Waals surface area contributed by atoms with Crippen molar-refractivity contribution in [1.29, 1.82) is 0 Å². The zero-order valence-corrected chi connectivity index (χ0v) is 18.8. The monoisotopic (exact) mass is 445 g/mol. The lowest BCUT2D eigenvalue weighted by molar-refractivity contribution is -0.136. The standard InChI is InChI=1S/C22H31N5O5/c1-15-12-16(2)27(22(29)23-15)14-20(28)26-8-3-4-18(13-26)31-11-7-19-24-21(32-25-19)17-5-9-30-10-6-17/h12,17-18H,3-11,13-14H2,1-2H3. The Morgan fingerprint density at radius 3 is 2.81 bits per heavy atom. The molecule has 4 rings (SSSR count). The van der Waals surface area contributed by atoms with Crippen molar-refractivity contribution in [3.05, 3.63) is 39.7 Å². The number of piperidine rings is 1. The van der Waals surface area contributed by atoms with Gasteiger partial charge in [0, 0.05) is 50.0 Å². The molecule has 0 spiro atoms. The molecule has 2 aliphatic rings. The molecule has 32 heavy (non-hydrogen) atoms. The van der Waals surface area contributed by atoms with E-state index >= 15 is 0 Å². The predicted molar refractivity (Wildman–Crippen MR) is 114 cm³/mol. The van der Waals surface area contributed by atoms with E-state index in [1.165, 1.54) is 4.57 Å². The Bertz CT molecular complexity index is 981. The molecule has 10 nitrogen and oxygen atoms in total. The van der Waals surface area contributed by atoms with Gasteiger partial charge >= 0.3 is 5.69 Å². The van der Waals surface area contributed by atoms with E-state index in [0.717, 1.165) is 44.6 Å². The highest BCUT2D eigenvalue weighted by atomic mass is 16.5. The quantitative estimate of drug-likeness (QED) is 0.628. The summed E-state index contributed by atoms with van der Waals surface area (Å²) >= 11 is 0. The molecular formula is C22H31N5O5. The SMILES string of the molecule is Cc1cc(C)n(CC(=O)N2CCCC(OCCc3noc(C4CCOCC4)n3)C2)c(=O)n1. The number of aryl methyl sites for hydroxylation is 2. The molecule has 2 fully saturated rings. The molecule has 0 aliphatic carbocycles. The number of aromatic nitrogens is 4. The Hall–Kier alpha value is -2.59. The minimum atomic E-state index is -0.388. The number of nitrogens with zero attached hydrogens (tertiary/aromatic N) is 5. The van der Waals surface area contributed by atoms with E-state index in [1.807, 2.05) is 13.0 Å². The van der Waals surface area contributed by atoms with Crippen LogP contribution in [0.15, 0.2) is 15.4 Å². The highest BCUT2D eigenvalue weighted by molar-refractivity contribution is 5.76. The van der Waals surface area contributed by atoms with Gasteiger partial charge in [-0.05, 0) is 45.6 Å². The summed E-state index contributed by atoms with van der Waals surface area (Å²) in [5, 5.41) is 4.08. The second-order valence-electron chi connectivity index (χ2n) is 8.57. The Kier molecular flexibility index (Phi) is 7.31. The summed E-state index contributed by atoms with van der Waals surface area (Å²) in [4.78, 5) is 35.2. The smallest absolute Gasteiger partial charge is 0.348 e. The summed E-state index contributed by atoms with van der Waals surface area (Å²) in [5.74, 6) is 1.53. The Balaban J connectivity index is 1.25. The van der Waals surface area contributed by atoms with Crippen molar-refractivity contribution < 1.29 is 18.8 Å². The average Bonchev–Trinajstić information content (AvgIpc) is 3.26. The van der Waals surface area contributed by atoms with Crippen molar-refractivity contribution in [3.8, 4) is 0 Å². The third-order valence-corrected chi connectivity index (χ3v) is 6.10. The Labute approximate surface area is 186 Å². The Morgan fingerprint density at radius 1 is 1.22 bits per heavy atom. The summed E-state index contributed by atoms with van der Waals surface area (Å²) in [6, 6.07) is 1.81. The van der Waals surface area contributed by atoms with Crippen LogP contribution in [0.5, 0.6) is 0 Å². The van der Waals surface area contributed by atoms with Crippen molar-refractivity contribution in [2.24, 2.45) is 0 Å². The van der Waals surface area contributed by atoms with Crippen LogP contribution in [0.2, 0.25) is 0 Å². The fraction of sp³-hybridized carbons (Fsp3) is 0.682. The van der Waals surface area contributed by atoms with Crippen molar-refractivity contribution in [2.75, 3.05) is 32.9 Å². The van der Waals surface area contributed by atoms with E-state index in [-0.39, 0.29) is 30.2 Å². The van der Waals surface area contributed by atoms with E-state index in [2.05, 4.69) is 15.1 Å². The molecule has 174 valence electrons. The van der Waals surface area contributed by atoms with E-state index in [1.54, 1.807) is 11.8 Å². The van der Waals surface area contributed by atoms with Gasteiger partial charge in [0.15, 0.2) is 5.82 Å². The van der Waals surface area contributed by atoms with Crippen LogP contribution in [0.1, 0.15) is 54.7 Å². The molecule has 0 aromatic carbocycles. The molecule has 0 radical (unpaired) electrons. The molecule has 2 aromatic heterocycles. The van der Waals surface area contributed by atoms with Gasteiger partial charge in [-0.25, -0.2) is 4.79 Å². The van der Waals surface area contributed by atoms with Gasteiger partial charge in [0.1, 0.15) is 6.54 Å². The molecule has 1 atom stereocenters. The number of ether oxygens (including phenoxy) is 2. The number of carbonyl (C=O) groups excluding carboxylic acids is 1. The first-order valence-electron chi connectivity index (χ1n) is 11.3. The van der Waals surface area contributed by atoms with Gasteiger partial charge in [-0.15, -0.1) is 0 Å². The molecule has 2 aromatic rings. The largest absolute Gasteiger partial charge is 0.381 e. The number of carbonyl (C=O) groups is 1. The zero-order valence-electron chi connectivity index (χ0n) is 18.8. The zero-order chi connectivity index (χ0) is 22.5. The molecule has 0 N–H and O–H groups in total. The van der Waals surface area contributed by atoms with Gasteiger partial charge in [0.2, 0.25) is 11.8 Å². The van der Waals surface area contributed by atoms with Gasteiger partial charge in [0.05, 0.1) is 12.7 Å². The number of amides is 1. The summed E-state index contributed by atoms with van der Waals surface area (Å²) in [7, 11) is 0. The summed E-state index contributed by atoms with van der Waals surface area (Å²) in [6.45, 7) is 6.72. The third kappa shape index (κ3) is 5.60. The minimum absolute atomic E-state index is 0.00249. The van der Waals surface area contributed by atoms with Crippen LogP contribution in [-0.4, -0.2) is 69.5 Å². The fourth-order valence-electron chi connectivity index (χ4n) is 4.30. The van der Waals surface area contributed by atoms with Gasteiger partial charge in [-0.3, -0.25) is 9.36 Å². The summed E-state index contributed by atoms with van der Waals surface area (Å²) in [6.07, 6.45) is 4.12. The first-order valence-corrected chi connectivity index (χ1v) is 11.3. The summed E-state index contributed by atoms with van der Waals surface area (Å²) < 4.78 is 18.2. The normalized spacial score (nSPS) is 19.9. The average molecular weight is 446 g/mol. The van der Waals surface area contributed by atoms with E-state index in [9.17, 15) is 9.59 Å². The highest BCUT2D eigenvalue weighted by Crippen LogP contribution is 2.25. The van der Waals surface area contributed by atoms with Crippen molar-refractivity contribution >= 4 is 5.91 Å². The lowest BCUT2D eigenvalue weighted by atomic mass is 10.0. The van der Waals surface area contributed by atoms with Gasteiger partial charge in [-0.1, -0.05) is 5.16 Å². The highest BCUT2D eigenvalue weighted by Gasteiger charge is 2.25. The van der Waals surface area contributed by atoms with E-state index < -0.39 is 0 Å². The molecule has 2 saturated heterocycles. The lowest BCUT2D eigenvalue weighted by Crippen LogP contribution is -2.46. The molecular weight excluding hydrogens is 414 g/mol. The second-order valence-corrected chi connectivity index (χ2v) is 8.57. The molecule has 1 amide bonds. The topological polar surface area (TPSA) is 113 Å². The number of hydrogen-bond donors (Lipinski definition) is 0. The van der Waals surface area contributed by atoms with Gasteiger partial charge in [0.25, 0.3) is 0 Å². The maximum absolute atomic E-state index is 12.8. The van der Waals surface area contributed by atoms with Crippen LogP contribution in [0.4, 0.5) is 0 Å². The number of likely N-dealkylation sites (tertiary alicyclic amines) is 1. The van der Waals surface area contributed by atoms with Gasteiger partial charge in [-0.2, -0.15) is 9.97 Å². The molecule has 10 heteroatoms. The molecule has 0 saturated carbocycles. The lowest BCUT2D eigenvalue weighted by Gasteiger charge is -2.33. The fourth-order valence-corrected chi connectivity index (χ4v) is 4.30. The van der Waals surface area contributed by atoms with Crippen molar-refractivity contribution in [3.63, 3.8) is 0 Å². The van der Waals surface area contributed by atoms with Crippen LogP contribution in [0.3, 0.4) is 0 Å². The van der Waals surface area contributed by atoms with E-state index in [0.29, 0.717) is 43.5 Å². The van der Waals surface area contributed by atoms with Crippen molar-refractivity contribution in [1.82, 2.24) is 24.6 Å². The first-order chi connectivity index (χ1) is 15.5. The Morgan fingerprint density at radius 2 is 2.03 bits per heavy atom. The number of rotatable bonds is 7. The minimum Gasteiger partial charge on any atom is -0.381 e. The molecule has 2 aliphatic heterocycles.